The monoisotopic (exact) mass is 385 g/mol. The van der Waals surface area contributed by atoms with Gasteiger partial charge in [0.05, 0.1) is 5.39 Å². The van der Waals surface area contributed by atoms with Crippen LogP contribution in [0.2, 0.25) is 0 Å². The highest BCUT2D eigenvalue weighted by Gasteiger charge is 2.16. The average molecular weight is 385 g/mol. The molecule has 0 fully saturated rings. The van der Waals surface area contributed by atoms with Crippen molar-refractivity contribution in [2.75, 3.05) is 12.1 Å². The summed E-state index contributed by atoms with van der Waals surface area (Å²) < 4.78 is 16.5. The molecular weight excluding hydrogens is 370 g/mol. The number of ether oxygens (including phenoxy) is 2. The normalized spacial score (nSPS) is 12.1. The third kappa shape index (κ3) is 3.21. The minimum atomic E-state index is -0.277. The fourth-order valence-corrected chi connectivity index (χ4v) is 3.24. The molecule has 0 saturated carbocycles. The molecule has 1 N–H and O–H groups in total. The topological polar surface area (TPSA) is 77.8 Å². The number of anilines is 1. The van der Waals surface area contributed by atoms with Gasteiger partial charge in [0, 0.05) is 22.9 Å². The molecule has 0 atom stereocenters. The molecule has 29 heavy (non-hydrogen) atoms. The Kier molecular flexibility index (Phi) is 4.02. The number of hydrogen-bond acceptors (Lipinski definition) is 5. The molecule has 1 aromatic heterocycles. The molecule has 1 aliphatic heterocycles. The lowest BCUT2D eigenvalue weighted by Gasteiger charge is -2.08. The highest BCUT2D eigenvalue weighted by molar-refractivity contribution is 6.05. The molecular formula is C23H15NO5. The Labute approximate surface area is 165 Å². The Morgan fingerprint density at radius 1 is 0.862 bits per heavy atom. The first-order valence-electron chi connectivity index (χ1n) is 9.02. The predicted octanol–water partition coefficient (Wildman–Crippen LogP) is 4.44. The quantitative estimate of drug-likeness (QED) is 0.564. The molecule has 3 aromatic carbocycles. The molecule has 0 bridgehead atoms. The minimum Gasteiger partial charge on any atom is -0.456 e. The Balaban J connectivity index is 1.44. The zero-order chi connectivity index (χ0) is 19.8. The van der Waals surface area contributed by atoms with Gasteiger partial charge in [0.15, 0.2) is 16.9 Å². The minimum absolute atomic E-state index is 0.114. The number of amides is 1. The molecule has 142 valence electrons. The van der Waals surface area contributed by atoms with Gasteiger partial charge in [0.2, 0.25) is 6.79 Å². The summed E-state index contributed by atoms with van der Waals surface area (Å²) in [6, 6.07) is 20.7. The molecule has 1 aliphatic rings. The molecule has 1 amide bonds. The van der Waals surface area contributed by atoms with Crippen molar-refractivity contribution in [1.82, 2.24) is 0 Å². The fraction of sp³-hybridized carbons (Fsp3) is 0.0435. The summed E-state index contributed by atoms with van der Waals surface area (Å²) in [7, 11) is 0. The van der Waals surface area contributed by atoms with Gasteiger partial charge in [-0.25, -0.2) is 0 Å². The zero-order valence-corrected chi connectivity index (χ0v) is 15.2. The lowest BCUT2D eigenvalue weighted by atomic mass is 10.1. The van der Waals surface area contributed by atoms with E-state index in [0.717, 1.165) is 0 Å². The van der Waals surface area contributed by atoms with Crippen molar-refractivity contribution in [3.05, 3.63) is 88.6 Å². The van der Waals surface area contributed by atoms with Crippen LogP contribution in [0.4, 0.5) is 5.69 Å². The van der Waals surface area contributed by atoms with Crippen LogP contribution in [0.3, 0.4) is 0 Å². The van der Waals surface area contributed by atoms with Gasteiger partial charge in [-0.15, -0.1) is 0 Å². The van der Waals surface area contributed by atoms with Gasteiger partial charge in [-0.2, -0.15) is 0 Å². The molecule has 0 saturated heterocycles. The van der Waals surface area contributed by atoms with Crippen molar-refractivity contribution in [2.45, 2.75) is 0 Å². The van der Waals surface area contributed by atoms with Gasteiger partial charge >= 0.3 is 0 Å². The van der Waals surface area contributed by atoms with Crippen molar-refractivity contribution >= 4 is 22.6 Å². The lowest BCUT2D eigenvalue weighted by Crippen LogP contribution is -2.11. The molecule has 2 heterocycles. The second-order valence-electron chi connectivity index (χ2n) is 6.57. The number of rotatable bonds is 3. The molecule has 6 heteroatoms. The van der Waals surface area contributed by atoms with E-state index in [0.29, 0.717) is 45.0 Å². The summed E-state index contributed by atoms with van der Waals surface area (Å²) in [5.41, 5.74) is 2.13. The summed E-state index contributed by atoms with van der Waals surface area (Å²) in [6.45, 7) is 0.152. The van der Waals surface area contributed by atoms with Gasteiger partial charge in [-0.1, -0.05) is 24.3 Å². The summed E-state index contributed by atoms with van der Waals surface area (Å²) in [4.78, 5) is 25.0. The van der Waals surface area contributed by atoms with E-state index >= 15 is 0 Å². The predicted molar refractivity (Wildman–Crippen MR) is 108 cm³/mol. The van der Waals surface area contributed by atoms with Crippen molar-refractivity contribution in [3.8, 4) is 22.8 Å². The summed E-state index contributed by atoms with van der Waals surface area (Å²) in [5.74, 6) is 1.33. The van der Waals surface area contributed by atoms with E-state index in [9.17, 15) is 9.59 Å². The first kappa shape index (κ1) is 17.1. The van der Waals surface area contributed by atoms with E-state index < -0.39 is 0 Å². The largest absolute Gasteiger partial charge is 0.456 e. The molecule has 0 radical (unpaired) electrons. The molecule has 4 aromatic rings. The summed E-state index contributed by atoms with van der Waals surface area (Å²) >= 11 is 0. The van der Waals surface area contributed by atoms with Crippen LogP contribution in [0.25, 0.3) is 22.3 Å². The number of carbonyl (C=O) groups excluding carboxylic acids is 1. The smallest absolute Gasteiger partial charge is 0.255 e. The first-order chi connectivity index (χ1) is 14.2. The van der Waals surface area contributed by atoms with Crippen LogP contribution in [-0.4, -0.2) is 12.7 Å². The highest BCUT2D eigenvalue weighted by atomic mass is 16.7. The standard InChI is InChI=1S/C23H15NO5/c25-18-12-21(29-19-7-2-1-6-17(18)19)14-4-3-5-16(10-14)24-23(26)15-8-9-20-22(11-15)28-13-27-20/h1-12H,13H2,(H,24,26). The van der Waals surface area contributed by atoms with Gasteiger partial charge in [0.1, 0.15) is 11.3 Å². The van der Waals surface area contributed by atoms with Crippen LogP contribution in [0.15, 0.2) is 82.0 Å². The highest BCUT2D eigenvalue weighted by Crippen LogP contribution is 2.33. The summed E-state index contributed by atoms with van der Waals surface area (Å²) in [6.07, 6.45) is 0. The van der Waals surface area contributed by atoms with E-state index in [2.05, 4.69) is 5.32 Å². The maximum Gasteiger partial charge on any atom is 0.255 e. The second-order valence-corrected chi connectivity index (χ2v) is 6.57. The lowest BCUT2D eigenvalue weighted by molar-refractivity contribution is 0.102. The van der Waals surface area contributed by atoms with E-state index in [4.69, 9.17) is 13.9 Å². The van der Waals surface area contributed by atoms with Crippen molar-refractivity contribution in [3.63, 3.8) is 0 Å². The van der Waals surface area contributed by atoms with Crippen LogP contribution < -0.4 is 20.2 Å². The van der Waals surface area contributed by atoms with Gasteiger partial charge in [-0.05, 0) is 42.5 Å². The van der Waals surface area contributed by atoms with Gasteiger partial charge in [-0.3, -0.25) is 9.59 Å². The number of carbonyl (C=O) groups is 1. The van der Waals surface area contributed by atoms with Crippen LogP contribution >= 0.6 is 0 Å². The van der Waals surface area contributed by atoms with Crippen LogP contribution in [0, 0.1) is 0 Å². The van der Waals surface area contributed by atoms with E-state index in [1.54, 1.807) is 54.6 Å². The first-order valence-corrected chi connectivity index (χ1v) is 9.02. The van der Waals surface area contributed by atoms with E-state index in [1.807, 2.05) is 12.1 Å². The van der Waals surface area contributed by atoms with Crippen molar-refractivity contribution in [2.24, 2.45) is 0 Å². The fourth-order valence-electron chi connectivity index (χ4n) is 3.24. The van der Waals surface area contributed by atoms with Gasteiger partial charge in [0.25, 0.3) is 5.91 Å². The SMILES string of the molecule is O=C(Nc1cccc(-c2cc(=O)c3ccccc3o2)c1)c1ccc2c(c1)OCO2. The third-order valence-electron chi connectivity index (χ3n) is 4.67. The van der Waals surface area contributed by atoms with Gasteiger partial charge < -0.3 is 19.2 Å². The molecule has 0 aliphatic carbocycles. The number of hydrogen-bond donors (Lipinski definition) is 1. The maximum absolute atomic E-state index is 12.6. The Hall–Kier alpha value is -4.06. The Bertz CT molecular complexity index is 1310. The molecule has 5 rings (SSSR count). The maximum atomic E-state index is 12.6. The Morgan fingerprint density at radius 2 is 1.72 bits per heavy atom. The zero-order valence-electron chi connectivity index (χ0n) is 15.2. The number of benzene rings is 3. The van der Waals surface area contributed by atoms with Crippen molar-refractivity contribution in [1.29, 1.82) is 0 Å². The van der Waals surface area contributed by atoms with Crippen molar-refractivity contribution < 1.29 is 18.7 Å². The second kappa shape index (κ2) is 6.83. The molecule has 0 unspecified atom stereocenters. The van der Waals surface area contributed by atoms with Crippen LogP contribution in [0.1, 0.15) is 10.4 Å². The number of fused-ring (bicyclic) bond motifs is 2. The molecule has 6 nitrogen and oxygen atoms in total. The van der Waals surface area contributed by atoms with Crippen LogP contribution in [0.5, 0.6) is 11.5 Å². The molecule has 0 spiro atoms. The Morgan fingerprint density at radius 3 is 2.66 bits per heavy atom. The number of para-hydroxylation sites is 1. The van der Waals surface area contributed by atoms with E-state index in [1.165, 1.54) is 6.07 Å². The van der Waals surface area contributed by atoms with E-state index in [-0.39, 0.29) is 18.1 Å². The van der Waals surface area contributed by atoms with Crippen LogP contribution in [-0.2, 0) is 0 Å². The average Bonchev–Trinajstić information content (AvgIpc) is 3.22. The number of nitrogens with one attached hydrogen (secondary N) is 1. The third-order valence-corrected chi connectivity index (χ3v) is 4.67. The summed E-state index contributed by atoms with van der Waals surface area (Å²) in [5, 5.41) is 3.39.